The molecule has 1 atom stereocenters. The van der Waals surface area contributed by atoms with Gasteiger partial charge in [-0.2, -0.15) is 0 Å². The van der Waals surface area contributed by atoms with Crippen molar-refractivity contribution in [1.82, 2.24) is 5.32 Å². The molecule has 0 saturated carbocycles. The van der Waals surface area contributed by atoms with Crippen molar-refractivity contribution < 1.29 is 0 Å². The molecule has 1 heterocycles. The van der Waals surface area contributed by atoms with Crippen molar-refractivity contribution in [2.45, 2.75) is 5.37 Å². The van der Waals surface area contributed by atoms with Crippen molar-refractivity contribution in [3.63, 3.8) is 0 Å². The van der Waals surface area contributed by atoms with Gasteiger partial charge in [-0.1, -0.05) is 12.2 Å². The van der Waals surface area contributed by atoms with Crippen LogP contribution in [0.4, 0.5) is 0 Å². The summed E-state index contributed by atoms with van der Waals surface area (Å²) in [4.78, 5) is 0. The summed E-state index contributed by atoms with van der Waals surface area (Å²) in [6, 6.07) is 0. The third kappa shape index (κ3) is 1.17. The molecule has 0 spiro atoms. The first-order valence-corrected chi connectivity index (χ1v) is 3.37. The van der Waals surface area contributed by atoms with E-state index in [1.54, 1.807) is 17.1 Å². The molecule has 0 aliphatic carbocycles. The number of thioether (sulfide) groups is 1. The third-order valence-electron chi connectivity index (χ3n) is 0.677. The lowest BCUT2D eigenvalue weighted by Gasteiger charge is -1.97. The number of hydrogen-bond donors (Lipinski definition) is 1. The summed E-state index contributed by atoms with van der Waals surface area (Å²) in [6.45, 7) is 0. The highest BCUT2D eigenvalue weighted by Crippen LogP contribution is 2.12. The molecule has 38 valence electrons. The molecule has 1 nitrogen and oxygen atoms in total. The SMILES string of the molecule is S=CC1NC=CS1. The Kier molecular flexibility index (Phi) is 1.70. The third-order valence-corrected chi connectivity index (χ3v) is 1.98. The van der Waals surface area contributed by atoms with E-state index in [0.717, 1.165) is 0 Å². The molecule has 0 aromatic heterocycles. The van der Waals surface area contributed by atoms with Crippen LogP contribution in [0.3, 0.4) is 0 Å². The second kappa shape index (κ2) is 2.33. The maximum absolute atomic E-state index is 4.66. The van der Waals surface area contributed by atoms with Crippen LogP contribution in [-0.2, 0) is 0 Å². The van der Waals surface area contributed by atoms with Crippen LogP contribution in [0.25, 0.3) is 0 Å². The van der Waals surface area contributed by atoms with Gasteiger partial charge in [-0.05, 0) is 5.41 Å². The van der Waals surface area contributed by atoms with Crippen molar-refractivity contribution in [3.05, 3.63) is 11.6 Å². The van der Waals surface area contributed by atoms with Gasteiger partial charge in [0.1, 0.15) is 5.37 Å². The molecule has 0 bridgehead atoms. The van der Waals surface area contributed by atoms with Crippen LogP contribution in [-0.4, -0.2) is 10.7 Å². The number of hydrogen-bond acceptors (Lipinski definition) is 3. The maximum Gasteiger partial charge on any atom is 0.105 e. The highest BCUT2D eigenvalue weighted by Gasteiger charge is 2.02. The van der Waals surface area contributed by atoms with Gasteiger partial charge in [-0.15, -0.1) is 11.8 Å². The van der Waals surface area contributed by atoms with E-state index in [1.165, 1.54) is 0 Å². The summed E-state index contributed by atoms with van der Waals surface area (Å²) in [5, 5.41) is 7.08. The zero-order chi connectivity index (χ0) is 5.11. The van der Waals surface area contributed by atoms with Crippen LogP contribution < -0.4 is 5.32 Å². The Labute approximate surface area is 52.2 Å². The van der Waals surface area contributed by atoms with Gasteiger partial charge in [0.05, 0.1) is 0 Å². The monoisotopic (exact) mass is 131 g/mol. The minimum Gasteiger partial charge on any atom is -0.375 e. The van der Waals surface area contributed by atoms with Crippen LogP contribution in [0.2, 0.25) is 0 Å². The highest BCUT2D eigenvalue weighted by atomic mass is 32.2. The van der Waals surface area contributed by atoms with Gasteiger partial charge in [0.15, 0.2) is 0 Å². The first-order valence-electron chi connectivity index (χ1n) is 1.95. The second-order valence-electron chi connectivity index (χ2n) is 1.16. The molecule has 1 rings (SSSR count). The zero-order valence-electron chi connectivity index (χ0n) is 3.63. The van der Waals surface area contributed by atoms with Crippen LogP contribution in [0.15, 0.2) is 11.6 Å². The average molecular weight is 131 g/mol. The van der Waals surface area contributed by atoms with Gasteiger partial charge in [-0.3, -0.25) is 0 Å². The molecular formula is C4H5NS2. The summed E-state index contributed by atoms with van der Waals surface area (Å²) in [7, 11) is 0. The van der Waals surface area contributed by atoms with Crippen LogP contribution >= 0.6 is 24.0 Å². The Balaban J connectivity index is 2.35. The predicted molar refractivity (Wildman–Crippen MR) is 37.3 cm³/mol. The molecule has 1 N–H and O–H groups in total. The summed E-state index contributed by atoms with van der Waals surface area (Å²) in [6.07, 6.45) is 1.90. The molecule has 0 amide bonds. The smallest absolute Gasteiger partial charge is 0.105 e. The van der Waals surface area contributed by atoms with Gasteiger partial charge in [0.25, 0.3) is 0 Å². The molecule has 1 aliphatic heterocycles. The van der Waals surface area contributed by atoms with Crippen LogP contribution in [0.5, 0.6) is 0 Å². The quantitative estimate of drug-likeness (QED) is 0.536. The largest absolute Gasteiger partial charge is 0.375 e. The summed E-state index contributed by atoms with van der Waals surface area (Å²) >= 11 is 6.35. The van der Waals surface area contributed by atoms with Crippen molar-refractivity contribution in [2.24, 2.45) is 0 Å². The van der Waals surface area contributed by atoms with E-state index in [-0.39, 0.29) is 0 Å². The summed E-state index contributed by atoms with van der Waals surface area (Å²) in [5.41, 5.74) is 0. The highest BCUT2D eigenvalue weighted by molar-refractivity contribution is 8.04. The van der Waals surface area contributed by atoms with E-state index >= 15 is 0 Å². The van der Waals surface area contributed by atoms with Gasteiger partial charge in [-0.25, -0.2) is 0 Å². The fraction of sp³-hybridized carbons (Fsp3) is 0.250. The van der Waals surface area contributed by atoms with Gasteiger partial charge in [0.2, 0.25) is 0 Å². The zero-order valence-corrected chi connectivity index (χ0v) is 5.26. The van der Waals surface area contributed by atoms with Gasteiger partial charge < -0.3 is 5.32 Å². The molecule has 0 aromatic carbocycles. The number of thiocarbonyl (C=S) groups is 1. The lowest BCUT2D eigenvalue weighted by atomic mass is 10.7. The molecule has 1 unspecified atom stereocenters. The molecule has 0 fully saturated rings. The maximum atomic E-state index is 4.66. The minimum absolute atomic E-state index is 0.343. The molecule has 1 aliphatic rings. The van der Waals surface area contributed by atoms with Gasteiger partial charge >= 0.3 is 0 Å². The van der Waals surface area contributed by atoms with E-state index in [2.05, 4.69) is 17.5 Å². The Bertz CT molecular complexity index is 91.9. The van der Waals surface area contributed by atoms with Crippen molar-refractivity contribution in [2.75, 3.05) is 0 Å². The normalized spacial score (nSPS) is 27.1. The summed E-state index contributed by atoms with van der Waals surface area (Å²) in [5.74, 6) is 0. The van der Waals surface area contributed by atoms with Crippen molar-refractivity contribution >= 4 is 29.3 Å². The number of nitrogens with one attached hydrogen (secondary N) is 1. The molecular weight excluding hydrogens is 126 g/mol. The summed E-state index contributed by atoms with van der Waals surface area (Å²) < 4.78 is 0. The fourth-order valence-corrected chi connectivity index (χ4v) is 1.19. The van der Waals surface area contributed by atoms with Gasteiger partial charge in [0, 0.05) is 11.6 Å². The molecule has 7 heavy (non-hydrogen) atoms. The molecule has 0 aromatic rings. The Morgan fingerprint density at radius 2 is 2.71 bits per heavy atom. The molecule has 3 heteroatoms. The Morgan fingerprint density at radius 3 is 3.00 bits per heavy atom. The predicted octanol–water partition coefficient (Wildman–Crippen LogP) is 1.12. The van der Waals surface area contributed by atoms with Crippen LogP contribution in [0, 0.1) is 0 Å². The first kappa shape index (κ1) is 5.12. The van der Waals surface area contributed by atoms with E-state index in [1.807, 2.05) is 11.6 Å². The number of rotatable bonds is 1. The topological polar surface area (TPSA) is 12.0 Å². The lowest BCUT2D eigenvalue weighted by Crippen LogP contribution is -2.15. The fourth-order valence-electron chi connectivity index (χ4n) is 0.369. The first-order chi connectivity index (χ1) is 3.43. The van der Waals surface area contributed by atoms with Crippen LogP contribution in [0.1, 0.15) is 0 Å². The molecule has 0 saturated heterocycles. The Hall–Kier alpha value is -0.0200. The van der Waals surface area contributed by atoms with E-state index < -0.39 is 0 Å². The molecule has 0 radical (unpaired) electrons. The van der Waals surface area contributed by atoms with E-state index in [4.69, 9.17) is 0 Å². The standard InChI is InChI=1S/C4H5NS2/c6-3-4-5-1-2-7-4/h1-5H. The average Bonchev–Trinajstić information content (AvgIpc) is 2.14. The Morgan fingerprint density at radius 1 is 1.86 bits per heavy atom. The second-order valence-corrected chi connectivity index (χ2v) is 2.49. The lowest BCUT2D eigenvalue weighted by molar-refractivity contribution is 1.00. The van der Waals surface area contributed by atoms with Crippen molar-refractivity contribution in [3.8, 4) is 0 Å². The van der Waals surface area contributed by atoms with E-state index in [9.17, 15) is 0 Å². The minimum atomic E-state index is 0.343. The van der Waals surface area contributed by atoms with Crippen molar-refractivity contribution in [1.29, 1.82) is 0 Å². The van der Waals surface area contributed by atoms with E-state index in [0.29, 0.717) is 5.37 Å².